The number of amidine groups is 1. The molecular formula is C25H34N6O2. The summed E-state index contributed by atoms with van der Waals surface area (Å²) in [7, 11) is 0. The number of likely N-dealkylation sites (tertiary alicyclic amines) is 1. The average molecular weight is 451 g/mol. The Morgan fingerprint density at radius 3 is 2.45 bits per heavy atom. The number of nitrogens with one attached hydrogen (secondary N) is 1. The van der Waals surface area contributed by atoms with Crippen LogP contribution in [0.25, 0.3) is 0 Å². The van der Waals surface area contributed by atoms with E-state index in [9.17, 15) is 9.90 Å². The predicted molar refractivity (Wildman–Crippen MR) is 131 cm³/mol. The first-order valence-corrected chi connectivity index (χ1v) is 11.6. The standard InChI is InChI=1S/C25H34N6O2/c26-22-6-4-18(5-7-22)13-29-10-8-19(9-11-29)14-30-15-20(17-32)16-31(25(30)33)23-3-1-2-21(12-23)24(27)28/h1-7,12,19-20,32H,8-11,13-17,26H2,(H3,27,28). The van der Waals surface area contributed by atoms with Crippen molar-refractivity contribution in [2.75, 3.05) is 50.0 Å². The molecule has 0 radical (unpaired) electrons. The Hall–Kier alpha value is -3.10. The SMILES string of the molecule is N=C(N)c1cccc(N2CC(CO)CN(CC3CCN(Cc4ccc(N)cc4)CC3)C2=O)c1. The highest BCUT2D eigenvalue weighted by atomic mass is 16.3. The molecule has 8 heteroatoms. The van der Waals surface area contributed by atoms with Gasteiger partial charge in [-0.25, -0.2) is 4.79 Å². The summed E-state index contributed by atoms with van der Waals surface area (Å²) in [5.41, 5.74) is 14.8. The first kappa shape index (κ1) is 23.1. The fourth-order valence-electron chi connectivity index (χ4n) is 4.80. The van der Waals surface area contributed by atoms with Crippen molar-refractivity contribution >= 4 is 23.2 Å². The number of anilines is 2. The lowest BCUT2D eigenvalue weighted by Gasteiger charge is -2.42. The van der Waals surface area contributed by atoms with Crippen molar-refractivity contribution in [3.05, 3.63) is 59.7 Å². The van der Waals surface area contributed by atoms with E-state index >= 15 is 0 Å². The summed E-state index contributed by atoms with van der Waals surface area (Å²) < 4.78 is 0. The van der Waals surface area contributed by atoms with E-state index < -0.39 is 0 Å². The molecule has 2 amide bonds. The Balaban J connectivity index is 1.37. The van der Waals surface area contributed by atoms with Crippen LogP contribution in [0.1, 0.15) is 24.0 Å². The average Bonchev–Trinajstić information content (AvgIpc) is 2.83. The van der Waals surface area contributed by atoms with E-state index in [0.717, 1.165) is 38.2 Å². The number of urea groups is 1. The lowest BCUT2D eigenvalue weighted by atomic mass is 9.94. The minimum absolute atomic E-state index is 0.00529. The number of hydrogen-bond acceptors (Lipinski definition) is 5. The number of nitrogens with two attached hydrogens (primary N) is 2. The number of nitrogen functional groups attached to an aromatic ring is 2. The molecule has 33 heavy (non-hydrogen) atoms. The summed E-state index contributed by atoms with van der Waals surface area (Å²) in [6, 6.07) is 15.2. The number of nitrogens with zero attached hydrogens (tertiary/aromatic N) is 3. The van der Waals surface area contributed by atoms with E-state index in [4.69, 9.17) is 16.9 Å². The number of carbonyl (C=O) groups is 1. The van der Waals surface area contributed by atoms with Crippen molar-refractivity contribution in [1.29, 1.82) is 5.41 Å². The Labute approximate surface area is 195 Å². The molecule has 2 aromatic carbocycles. The van der Waals surface area contributed by atoms with Gasteiger partial charge in [-0.05, 0) is 61.7 Å². The maximum absolute atomic E-state index is 13.3. The smallest absolute Gasteiger partial charge is 0.324 e. The molecule has 1 atom stereocenters. The van der Waals surface area contributed by atoms with Gasteiger partial charge in [-0.3, -0.25) is 15.2 Å². The van der Waals surface area contributed by atoms with E-state index in [1.807, 2.05) is 29.2 Å². The molecule has 2 saturated heterocycles. The molecule has 2 heterocycles. The van der Waals surface area contributed by atoms with Crippen LogP contribution in [-0.4, -0.2) is 66.1 Å². The second-order valence-electron chi connectivity index (χ2n) is 9.27. The molecule has 1 unspecified atom stereocenters. The molecule has 2 aromatic rings. The molecule has 0 saturated carbocycles. The summed E-state index contributed by atoms with van der Waals surface area (Å²) in [6.45, 7) is 4.70. The molecule has 2 fully saturated rings. The third-order valence-corrected chi connectivity index (χ3v) is 6.72. The van der Waals surface area contributed by atoms with Crippen LogP contribution < -0.4 is 16.4 Å². The van der Waals surface area contributed by atoms with Crippen LogP contribution in [0.2, 0.25) is 0 Å². The molecule has 4 rings (SSSR count). The highest BCUT2D eigenvalue weighted by Crippen LogP contribution is 2.27. The van der Waals surface area contributed by atoms with Crippen LogP contribution >= 0.6 is 0 Å². The first-order chi connectivity index (χ1) is 15.9. The molecule has 2 aliphatic rings. The maximum Gasteiger partial charge on any atom is 0.324 e. The minimum atomic E-state index is -0.0373. The molecule has 8 nitrogen and oxygen atoms in total. The summed E-state index contributed by atoms with van der Waals surface area (Å²) in [5.74, 6) is 0.413. The highest BCUT2D eigenvalue weighted by molar-refractivity contribution is 5.98. The Bertz CT molecular complexity index is 971. The zero-order valence-electron chi connectivity index (χ0n) is 19.0. The van der Waals surface area contributed by atoms with Gasteiger partial charge in [-0.15, -0.1) is 0 Å². The van der Waals surface area contributed by atoms with Crippen molar-refractivity contribution < 1.29 is 9.90 Å². The molecule has 0 spiro atoms. The number of carbonyl (C=O) groups excluding carboxylic acids is 1. The summed E-state index contributed by atoms with van der Waals surface area (Å²) in [4.78, 5) is 19.4. The van der Waals surface area contributed by atoms with Gasteiger partial charge in [0.25, 0.3) is 0 Å². The summed E-state index contributed by atoms with van der Waals surface area (Å²) in [5, 5.41) is 17.6. The van der Waals surface area contributed by atoms with Crippen LogP contribution in [0.5, 0.6) is 0 Å². The number of aliphatic hydroxyl groups excluding tert-OH is 1. The fraction of sp³-hybridized carbons (Fsp3) is 0.440. The van der Waals surface area contributed by atoms with Gasteiger partial charge in [0.2, 0.25) is 0 Å². The number of benzene rings is 2. The van der Waals surface area contributed by atoms with E-state index in [2.05, 4.69) is 17.0 Å². The van der Waals surface area contributed by atoms with Crippen molar-refractivity contribution in [2.45, 2.75) is 19.4 Å². The maximum atomic E-state index is 13.3. The van der Waals surface area contributed by atoms with E-state index in [-0.39, 0.29) is 24.4 Å². The number of piperidine rings is 1. The lowest BCUT2D eigenvalue weighted by molar-refractivity contribution is 0.115. The van der Waals surface area contributed by atoms with E-state index in [0.29, 0.717) is 36.8 Å². The van der Waals surface area contributed by atoms with Crippen molar-refractivity contribution in [1.82, 2.24) is 9.80 Å². The summed E-state index contributed by atoms with van der Waals surface area (Å²) >= 11 is 0. The van der Waals surface area contributed by atoms with Crippen molar-refractivity contribution in [2.24, 2.45) is 17.6 Å². The number of amides is 2. The topological polar surface area (TPSA) is 123 Å². The zero-order chi connectivity index (χ0) is 23.4. The number of rotatable bonds is 7. The molecule has 176 valence electrons. The van der Waals surface area contributed by atoms with Gasteiger partial charge < -0.3 is 21.5 Å². The normalized spacial score (nSPS) is 20.3. The second-order valence-corrected chi connectivity index (χ2v) is 9.27. The second kappa shape index (κ2) is 10.2. The zero-order valence-corrected chi connectivity index (χ0v) is 19.0. The molecule has 0 aliphatic carbocycles. The van der Waals surface area contributed by atoms with E-state index in [1.54, 1.807) is 17.0 Å². The highest BCUT2D eigenvalue weighted by Gasteiger charge is 2.34. The van der Waals surface area contributed by atoms with Gasteiger partial charge in [0, 0.05) is 55.6 Å². The molecule has 0 bridgehead atoms. The molecule has 2 aliphatic heterocycles. The number of hydrogen-bond donors (Lipinski definition) is 4. The van der Waals surface area contributed by atoms with Crippen molar-refractivity contribution in [3.63, 3.8) is 0 Å². The fourth-order valence-corrected chi connectivity index (χ4v) is 4.80. The first-order valence-electron chi connectivity index (χ1n) is 11.6. The Morgan fingerprint density at radius 1 is 1.06 bits per heavy atom. The van der Waals surface area contributed by atoms with Crippen LogP contribution in [0, 0.1) is 17.2 Å². The Kier molecular flexibility index (Phi) is 7.15. The lowest BCUT2D eigenvalue weighted by Crippen LogP contribution is -2.56. The van der Waals surface area contributed by atoms with Gasteiger partial charge in [0.05, 0.1) is 0 Å². The molecule has 6 N–H and O–H groups in total. The predicted octanol–water partition coefficient (Wildman–Crippen LogP) is 2.32. The number of aliphatic hydroxyl groups is 1. The monoisotopic (exact) mass is 450 g/mol. The molecular weight excluding hydrogens is 416 g/mol. The van der Waals surface area contributed by atoms with Gasteiger partial charge in [0.1, 0.15) is 5.84 Å². The molecule has 0 aromatic heterocycles. The van der Waals surface area contributed by atoms with Crippen LogP contribution in [0.4, 0.5) is 16.2 Å². The van der Waals surface area contributed by atoms with Gasteiger partial charge in [-0.1, -0.05) is 24.3 Å². The third kappa shape index (κ3) is 5.64. The van der Waals surface area contributed by atoms with E-state index in [1.165, 1.54) is 5.56 Å². The summed E-state index contributed by atoms with van der Waals surface area (Å²) in [6.07, 6.45) is 2.09. The Morgan fingerprint density at radius 2 is 1.79 bits per heavy atom. The van der Waals surface area contributed by atoms with Crippen LogP contribution in [0.3, 0.4) is 0 Å². The van der Waals surface area contributed by atoms with Crippen LogP contribution in [0.15, 0.2) is 48.5 Å². The van der Waals surface area contributed by atoms with Crippen molar-refractivity contribution in [3.8, 4) is 0 Å². The van der Waals surface area contributed by atoms with Gasteiger partial charge in [-0.2, -0.15) is 0 Å². The largest absolute Gasteiger partial charge is 0.399 e. The third-order valence-electron chi connectivity index (χ3n) is 6.72. The minimum Gasteiger partial charge on any atom is -0.399 e. The quantitative estimate of drug-likeness (QED) is 0.293. The van der Waals surface area contributed by atoms with Crippen LogP contribution in [-0.2, 0) is 6.54 Å². The van der Waals surface area contributed by atoms with Gasteiger partial charge in [0.15, 0.2) is 0 Å². The van der Waals surface area contributed by atoms with Gasteiger partial charge >= 0.3 is 6.03 Å².